The smallest absolute Gasteiger partial charge is 0.251 e. The van der Waals surface area contributed by atoms with Crippen molar-refractivity contribution < 1.29 is 14.7 Å². The lowest BCUT2D eigenvalue weighted by atomic mass is 9.84. The van der Waals surface area contributed by atoms with Gasteiger partial charge in [0.1, 0.15) is 5.54 Å². The lowest BCUT2D eigenvalue weighted by molar-refractivity contribution is -0.171. The zero-order chi connectivity index (χ0) is 12.8. The van der Waals surface area contributed by atoms with Gasteiger partial charge in [-0.2, -0.15) is 0 Å². The number of imide groups is 1. The van der Waals surface area contributed by atoms with E-state index in [0.29, 0.717) is 6.54 Å². The number of carbonyl (C=O) groups is 2. The van der Waals surface area contributed by atoms with Crippen LogP contribution in [-0.2, 0) is 9.59 Å². The number of hydrogen-bond acceptors (Lipinski definition) is 4. The van der Waals surface area contributed by atoms with Crippen LogP contribution < -0.4 is 0 Å². The molecule has 0 aliphatic carbocycles. The molecule has 2 saturated heterocycles. The first kappa shape index (κ1) is 12.5. The zero-order valence-electron chi connectivity index (χ0n) is 10.6. The van der Waals surface area contributed by atoms with Gasteiger partial charge in [-0.05, 0) is 33.4 Å². The fraction of sp³-hybridized carbons (Fsp3) is 0.833. The van der Waals surface area contributed by atoms with Gasteiger partial charge in [-0.3, -0.25) is 19.4 Å². The molecule has 17 heavy (non-hydrogen) atoms. The summed E-state index contributed by atoms with van der Waals surface area (Å²) in [5.74, 6) is -0.853. The van der Waals surface area contributed by atoms with Crippen LogP contribution in [0, 0.1) is 5.92 Å². The summed E-state index contributed by atoms with van der Waals surface area (Å²) in [4.78, 5) is 27.4. The first-order chi connectivity index (χ1) is 7.90. The third-order valence-corrected chi connectivity index (χ3v) is 4.26. The van der Waals surface area contributed by atoms with E-state index < -0.39 is 17.6 Å². The van der Waals surface area contributed by atoms with Gasteiger partial charge in [0.25, 0.3) is 5.91 Å². The average Bonchev–Trinajstić information content (AvgIpc) is 2.67. The Morgan fingerprint density at radius 1 is 1.47 bits per heavy atom. The SMILES string of the molecule is CC(O)C(C)C(=O)N1C[C@]2(CCCN2C)C1=O. The Kier molecular flexibility index (Phi) is 2.99. The largest absolute Gasteiger partial charge is 0.393 e. The van der Waals surface area contributed by atoms with Crippen LogP contribution in [0.25, 0.3) is 0 Å². The highest BCUT2D eigenvalue weighted by Crippen LogP contribution is 2.38. The van der Waals surface area contributed by atoms with Crippen LogP contribution in [0.2, 0.25) is 0 Å². The summed E-state index contributed by atoms with van der Waals surface area (Å²) >= 11 is 0. The minimum Gasteiger partial charge on any atom is -0.393 e. The summed E-state index contributed by atoms with van der Waals surface area (Å²) in [7, 11) is 1.94. The van der Waals surface area contributed by atoms with Crippen molar-refractivity contribution in [1.82, 2.24) is 9.80 Å². The van der Waals surface area contributed by atoms with Crippen molar-refractivity contribution in [3.8, 4) is 0 Å². The van der Waals surface area contributed by atoms with Crippen LogP contribution in [0.5, 0.6) is 0 Å². The predicted molar refractivity (Wildman–Crippen MR) is 62.2 cm³/mol. The molecule has 2 heterocycles. The lowest BCUT2D eigenvalue weighted by Gasteiger charge is -2.49. The van der Waals surface area contributed by atoms with Crippen LogP contribution in [0.3, 0.4) is 0 Å². The van der Waals surface area contributed by atoms with Gasteiger partial charge < -0.3 is 5.11 Å². The second-order valence-corrected chi connectivity index (χ2v) is 5.32. The van der Waals surface area contributed by atoms with Gasteiger partial charge in [-0.15, -0.1) is 0 Å². The maximum Gasteiger partial charge on any atom is 0.251 e. The Morgan fingerprint density at radius 3 is 2.53 bits per heavy atom. The van der Waals surface area contributed by atoms with E-state index >= 15 is 0 Å². The number of β-lactam (4-membered cyclic amide) rings is 1. The number of nitrogens with zero attached hydrogens (tertiary/aromatic N) is 2. The molecule has 1 spiro atoms. The van der Waals surface area contributed by atoms with Gasteiger partial charge in [0.05, 0.1) is 18.6 Å². The predicted octanol–water partition coefficient (Wildman–Crippen LogP) is -0.163. The molecule has 2 amide bonds. The minimum absolute atomic E-state index is 0.0880. The fourth-order valence-corrected chi connectivity index (χ4v) is 2.67. The molecule has 0 radical (unpaired) electrons. The molecule has 5 heteroatoms. The first-order valence-electron chi connectivity index (χ1n) is 6.15. The molecular formula is C12H20N2O3. The van der Waals surface area contributed by atoms with E-state index in [1.165, 1.54) is 4.90 Å². The number of amides is 2. The second kappa shape index (κ2) is 4.07. The van der Waals surface area contributed by atoms with Crippen LogP contribution in [-0.4, -0.2) is 58.5 Å². The molecule has 2 aliphatic heterocycles. The molecule has 2 aliphatic rings. The fourth-order valence-electron chi connectivity index (χ4n) is 2.67. The van der Waals surface area contributed by atoms with Crippen molar-refractivity contribution in [3.63, 3.8) is 0 Å². The van der Waals surface area contributed by atoms with E-state index in [0.717, 1.165) is 19.4 Å². The molecule has 0 aromatic rings. The minimum atomic E-state index is -0.715. The molecular weight excluding hydrogens is 220 g/mol. The summed E-state index contributed by atoms with van der Waals surface area (Å²) in [5, 5.41) is 9.39. The third kappa shape index (κ3) is 1.68. The number of carbonyl (C=O) groups excluding carboxylic acids is 2. The van der Waals surface area contributed by atoms with Crippen molar-refractivity contribution in [2.75, 3.05) is 20.1 Å². The number of aliphatic hydroxyl groups is 1. The molecule has 0 aromatic carbocycles. The van der Waals surface area contributed by atoms with Crippen LogP contribution in [0.15, 0.2) is 0 Å². The Hall–Kier alpha value is -0.940. The van der Waals surface area contributed by atoms with E-state index in [1.807, 2.05) is 11.9 Å². The zero-order valence-corrected chi connectivity index (χ0v) is 10.6. The Bertz CT molecular complexity index is 356. The quantitative estimate of drug-likeness (QED) is 0.681. The molecule has 5 nitrogen and oxygen atoms in total. The molecule has 2 unspecified atom stereocenters. The van der Waals surface area contributed by atoms with Gasteiger partial charge in [0, 0.05) is 0 Å². The van der Waals surface area contributed by atoms with Gasteiger partial charge >= 0.3 is 0 Å². The summed E-state index contributed by atoms with van der Waals surface area (Å²) in [5.41, 5.74) is -0.423. The topological polar surface area (TPSA) is 60.9 Å². The van der Waals surface area contributed by atoms with E-state index in [1.54, 1.807) is 13.8 Å². The third-order valence-electron chi connectivity index (χ3n) is 4.26. The number of aliphatic hydroxyl groups excluding tert-OH is 1. The monoisotopic (exact) mass is 240 g/mol. The van der Waals surface area contributed by atoms with Gasteiger partial charge in [0.15, 0.2) is 0 Å². The first-order valence-corrected chi connectivity index (χ1v) is 6.15. The molecule has 0 aromatic heterocycles. The van der Waals surface area contributed by atoms with E-state index in [4.69, 9.17) is 0 Å². The number of rotatable bonds is 2. The average molecular weight is 240 g/mol. The Labute approximate surface area is 101 Å². The van der Waals surface area contributed by atoms with Crippen molar-refractivity contribution in [3.05, 3.63) is 0 Å². The Morgan fingerprint density at radius 2 is 2.12 bits per heavy atom. The Balaban J connectivity index is 2.05. The van der Waals surface area contributed by atoms with Crippen molar-refractivity contribution in [2.45, 2.75) is 38.3 Å². The maximum absolute atomic E-state index is 12.1. The van der Waals surface area contributed by atoms with Gasteiger partial charge in [0.2, 0.25) is 5.91 Å². The van der Waals surface area contributed by atoms with E-state index in [-0.39, 0.29) is 11.8 Å². The van der Waals surface area contributed by atoms with E-state index in [9.17, 15) is 14.7 Å². The second-order valence-electron chi connectivity index (χ2n) is 5.32. The van der Waals surface area contributed by atoms with Crippen LogP contribution in [0.4, 0.5) is 0 Å². The van der Waals surface area contributed by atoms with Gasteiger partial charge in [-0.25, -0.2) is 0 Å². The number of hydrogen-bond donors (Lipinski definition) is 1. The summed E-state index contributed by atoms with van der Waals surface area (Å²) in [6.07, 6.45) is 1.14. The molecule has 0 saturated carbocycles. The number of likely N-dealkylation sites (N-methyl/N-ethyl adjacent to an activating group) is 1. The summed E-state index contributed by atoms with van der Waals surface area (Å²) < 4.78 is 0. The van der Waals surface area contributed by atoms with Gasteiger partial charge in [-0.1, -0.05) is 6.92 Å². The summed E-state index contributed by atoms with van der Waals surface area (Å²) in [6, 6.07) is 0. The molecule has 96 valence electrons. The highest BCUT2D eigenvalue weighted by molar-refractivity contribution is 6.06. The van der Waals surface area contributed by atoms with Crippen LogP contribution in [0.1, 0.15) is 26.7 Å². The molecule has 0 bridgehead atoms. The maximum atomic E-state index is 12.1. The highest BCUT2D eigenvalue weighted by atomic mass is 16.3. The van der Waals surface area contributed by atoms with Crippen molar-refractivity contribution in [1.29, 1.82) is 0 Å². The lowest BCUT2D eigenvalue weighted by Crippen LogP contribution is -2.73. The van der Waals surface area contributed by atoms with Crippen molar-refractivity contribution in [2.24, 2.45) is 5.92 Å². The van der Waals surface area contributed by atoms with E-state index in [2.05, 4.69) is 0 Å². The van der Waals surface area contributed by atoms with Crippen LogP contribution >= 0.6 is 0 Å². The molecule has 1 N–H and O–H groups in total. The number of likely N-dealkylation sites (tertiary alicyclic amines) is 2. The molecule has 2 rings (SSSR count). The molecule has 3 atom stereocenters. The summed E-state index contributed by atoms with van der Waals surface area (Å²) in [6.45, 7) is 4.63. The highest BCUT2D eigenvalue weighted by Gasteiger charge is 2.59. The standard InChI is InChI=1S/C12H20N2O3/c1-8(9(2)15)10(16)14-7-12(11(14)17)5-4-6-13(12)3/h8-9,15H,4-7H2,1-3H3/t8?,9?,12-/m1/s1. The normalized spacial score (nSPS) is 32.7. The van der Waals surface area contributed by atoms with Crippen molar-refractivity contribution >= 4 is 11.8 Å². The molecule has 2 fully saturated rings.